The molecule has 0 fully saturated rings. The average Bonchev–Trinajstić information content (AvgIpc) is 3.00. The molecule has 2 aromatic carbocycles. The Balaban J connectivity index is 1.86. The Morgan fingerprint density at radius 2 is 1.67 bits per heavy atom. The van der Waals surface area contributed by atoms with Crippen LogP contribution >= 0.6 is 0 Å². The van der Waals surface area contributed by atoms with E-state index in [4.69, 9.17) is 5.73 Å². The highest BCUT2D eigenvalue weighted by Crippen LogP contribution is 2.30. The van der Waals surface area contributed by atoms with Gasteiger partial charge in [0.1, 0.15) is 5.75 Å². The van der Waals surface area contributed by atoms with Crippen molar-refractivity contribution in [2.24, 2.45) is 0 Å². The van der Waals surface area contributed by atoms with E-state index in [1.54, 1.807) is 60.8 Å². The lowest BCUT2D eigenvalue weighted by atomic mass is 10.1. The van der Waals surface area contributed by atoms with E-state index in [0.717, 1.165) is 20.7 Å². The van der Waals surface area contributed by atoms with E-state index in [9.17, 15) is 13.5 Å². The first kappa shape index (κ1) is 17.1. The molecule has 0 spiro atoms. The van der Waals surface area contributed by atoms with Crippen LogP contribution in [0.15, 0.2) is 71.9 Å². The number of pyridine rings is 1. The molecule has 2 heterocycles. The number of aryl methyl sites for hydroxylation is 1. The third kappa shape index (κ3) is 2.92. The van der Waals surface area contributed by atoms with E-state index in [0.29, 0.717) is 11.1 Å². The van der Waals surface area contributed by atoms with Crippen molar-refractivity contribution in [1.29, 1.82) is 0 Å². The predicted octanol–water partition coefficient (Wildman–Crippen LogP) is 3.54. The number of anilines is 1. The lowest BCUT2D eigenvalue weighted by Gasteiger charge is -2.08. The number of nitrogen functional groups attached to an aromatic ring is 1. The van der Waals surface area contributed by atoms with Gasteiger partial charge >= 0.3 is 0 Å². The van der Waals surface area contributed by atoms with E-state index in [-0.39, 0.29) is 16.3 Å². The van der Waals surface area contributed by atoms with Crippen molar-refractivity contribution in [1.82, 2.24) is 8.96 Å². The number of phenolic OH excluding ortho intramolecular Hbond substituents is 1. The molecule has 0 aliphatic heterocycles. The zero-order chi connectivity index (χ0) is 19.2. The van der Waals surface area contributed by atoms with Gasteiger partial charge in [-0.2, -0.15) is 0 Å². The summed E-state index contributed by atoms with van der Waals surface area (Å²) in [4.78, 5) is 4.53. The zero-order valence-corrected chi connectivity index (χ0v) is 15.3. The molecule has 6 nitrogen and oxygen atoms in total. The van der Waals surface area contributed by atoms with Crippen LogP contribution < -0.4 is 5.73 Å². The Morgan fingerprint density at radius 3 is 2.33 bits per heavy atom. The van der Waals surface area contributed by atoms with E-state index in [2.05, 4.69) is 4.98 Å². The molecule has 0 unspecified atom stereocenters. The van der Waals surface area contributed by atoms with Crippen molar-refractivity contribution in [3.63, 3.8) is 0 Å². The van der Waals surface area contributed by atoms with Crippen molar-refractivity contribution in [2.45, 2.75) is 11.8 Å². The minimum atomic E-state index is -3.80. The number of nitrogens with two attached hydrogens (primary N) is 1. The van der Waals surface area contributed by atoms with Gasteiger partial charge < -0.3 is 10.8 Å². The Morgan fingerprint density at radius 1 is 1.00 bits per heavy atom. The highest BCUT2D eigenvalue weighted by Gasteiger charge is 2.21. The van der Waals surface area contributed by atoms with Gasteiger partial charge in [-0.05, 0) is 42.8 Å². The van der Waals surface area contributed by atoms with Crippen molar-refractivity contribution < 1.29 is 13.5 Å². The first-order chi connectivity index (χ1) is 12.9. The van der Waals surface area contributed by atoms with Gasteiger partial charge in [0.15, 0.2) is 5.65 Å². The lowest BCUT2D eigenvalue weighted by molar-refractivity contribution is 0.475. The lowest BCUT2D eigenvalue weighted by Crippen LogP contribution is -2.12. The summed E-state index contributed by atoms with van der Waals surface area (Å²) in [6.45, 7) is 1.89. The fourth-order valence-corrected chi connectivity index (χ4v) is 4.25. The van der Waals surface area contributed by atoms with Crippen LogP contribution in [0.25, 0.3) is 22.2 Å². The molecule has 27 heavy (non-hydrogen) atoms. The summed E-state index contributed by atoms with van der Waals surface area (Å²) in [5, 5.41) is 9.98. The molecular weight excluding hydrogens is 362 g/mol. The van der Waals surface area contributed by atoms with Crippen molar-refractivity contribution in [3.05, 3.63) is 72.6 Å². The Kier molecular flexibility index (Phi) is 3.89. The number of hydrogen-bond acceptors (Lipinski definition) is 5. The maximum atomic E-state index is 13.0. The molecule has 0 aliphatic rings. The minimum absolute atomic E-state index is 0.169. The number of nitrogens with zero attached hydrogens (tertiary/aromatic N) is 2. The van der Waals surface area contributed by atoms with Crippen molar-refractivity contribution in [2.75, 3.05) is 5.73 Å². The monoisotopic (exact) mass is 379 g/mol. The molecule has 0 bridgehead atoms. The van der Waals surface area contributed by atoms with Crippen LogP contribution in [0.4, 0.5) is 5.69 Å². The van der Waals surface area contributed by atoms with Gasteiger partial charge in [0, 0.05) is 23.3 Å². The maximum absolute atomic E-state index is 13.0. The predicted molar refractivity (Wildman–Crippen MR) is 105 cm³/mol. The highest BCUT2D eigenvalue weighted by molar-refractivity contribution is 7.90. The molecule has 2 aromatic heterocycles. The molecule has 0 radical (unpaired) electrons. The van der Waals surface area contributed by atoms with Crippen LogP contribution in [0.1, 0.15) is 5.56 Å². The first-order valence-corrected chi connectivity index (χ1v) is 9.68. The molecule has 0 amide bonds. The number of hydrogen-bond donors (Lipinski definition) is 2. The standard InChI is InChI=1S/C20H17N3O3S/c1-13-2-8-17(9-3-13)27(25,26)23-12-19(21)18-10-15(11-22-20(18)23)14-4-6-16(24)7-5-14/h2-12,24H,21H2,1H3. The third-order valence-corrected chi connectivity index (χ3v) is 6.09. The molecular formula is C20H17N3O3S. The normalized spacial score (nSPS) is 11.7. The molecule has 3 N–H and O–H groups in total. The van der Waals surface area contributed by atoms with Gasteiger partial charge in [-0.25, -0.2) is 17.4 Å². The van der Waals surface area contributed by atoms with E-state index in [1.807, 2.05) is 6.92 Å². The molecule has 136 valence electrons. The molecule has 0 aliphatic carbocycles. The number of fused-ring (bicyclic) bond motifs is 1. The van der Waals surface area contributed by atoms with Gasteiger partial charge in [0.25, 0.3) is 10.0 Å². The van der Waals surface area contributed by atoms with Crippen LogP contribution in [0, 0.1) is 6.92 Å². The fraction of sp³-hybridized carbons (Fsp3) is 0.0500. The van der Waals surface area contributed by atoms with Crippen LogP contribution in [0.5, 0.6) is 5.75 Å². The zero-order valence-electron chi connectivity index (χ0n) is 14.5. The van der Waals surface area contributed by atoms with Crippen LogP contribution in [-0.4, -0.2) is 22.5 Å². The van der Waals surface area contributed by atoms with Crippen LogP contribution in [-0.2, 0) is 10.0 Å². The Bertz CT molecular complexity index is 1240. The summed E-state index contributed by atoms with van der Waals surface area (Å²) in [7, 11) is -3.80. The smallest absolute Gasteiger partial charge is 0.269 e. The quantitative estimate of drug-likeness (QED) is 0.567. The highest BCUT2D eigenvalue weighted by atomic mass is 32.2. The van der Waals surface area contributed by atoms with E-state index >= 15 is 0 Å². The number of phenols is 1. The molecule has 0 saturated carbocycles. The Labute approximate surface area is 156 Å². The minimum Gasteiger partial charge on any atom is -0.508 e. The third-order valence-electron chi connectivity index (χ3n) is 4.42. The first-order valence-electron chi connectivity index (χ1n) is 8.24. The molecule has 7 heteroatoms. The number of rotatable bonds is 3. The van der Waals surface area contributed by atoms with Gasteiger partial charge in [-0.3, -0.25) is 0 Å². The summed E-state index contributed by atoms with van der Waals surface area (Å²) in [5.74, 6) is 0.169. The number of aromatic nitrogens is 2. The maximum Gasteiger partial charge on any atom is 0.269 e. The van der Waals surface area contributed by atoms with Gasteiger partial charge in [0.05, 0.1) is 10.6 Å². The number of benzene rings is 2. The van der Waals surface area contributed by atoms with Gasteiger partial charge in [-0.1, -0.05) is 29.8 Å². The SMILES string of the molecule is Cc1ccc(S(=O)(=O)n2cc(N)c3cc(-c4ccc(O)cc4)cnc32)cc1. The molecule has 4 aromatic rings. The van der Waals surface area contributed by atoms with E-state index < -0.39 is 10.0 Å². The van der Waals surface area contributed by atoms with Gasteiger partial charge in [-0.15, -0.1) is 0 Å². The second-order valence-electron chi connectivity index (χ2n) is 6.34. The summed E-state index contributed by atoms with van der Waals surface area (Å²) in [5.41, 5.74) is 9.28. The second-order valence-corrected chi connectivity index (χ2v) is 8.16. The Hall–Kier alpha value is -3.32. The summed E-state index contributed by atoms with van der Waals surface area (Å²) in [6.07, 6.45) is 2.97. The second kappa shape index (κ2) is 6.14. The molecule has 0 saturated heterocycles. The van der Waals surface area contributed by atoms with Crippen LogP contribution in [0.3, 0.4) is 0 Å². The van der Waals surface area contributed by atoms with Crippen molar-refractivity contribution >= 4 is 26.7 Å². The summed E-state index contributed by atoms with van der Waals surface area (Å²) < 4.78 is 27.1. The largest absolute Gasteiger partial charge is 0.508 e. The number of aromatic hydroxyl groups is 1. The molecule has 4 rings (SSSR count). The summed E-state index contributed by atoms with van der Waals surface area (Å²) in [6, 6.07) is 15.1. The molecule has 0 atom stereocenters. The van der Waals surface area contributed by atoms with Gasteiger partial charge in [0.2, 0.25) is 0 Å². The summed E-state index contributed by atoms with van der Waals surface area (Å²) >= 11 is 0. The van der Waals surface area contributed by atoms with E-state index in [1.165, 1.54) is 6.20 Å². The van der Waals surface area contributed by atoms with Crippen molar-refractivity contribution in [3.8, 4) is 16.9 Å². The fourth-order valence-electron chi connectivity index (χ4n) is 2.92. The average molecular weight is 379 g/mol. The van der Waals surface area contributed by atoms with Crippen LogP contribution in [0.2, 0.25) is 0 Å². The topological polar surface area (TPSA) is 98.2 Å².